The van der Waals surface area contributed by atoms with Crippen LogP contribution in [-0.4, -0.2) is 51.1 Å². The van der Waals surface area contributed by atoms with Crippen LogP contribution in [-0.2, 0) is 21.2 Å². The molecule has 11 heteroatoms. The summed E-state index contributed by atoms with van der Waals surface area (Å²) in [5.41, 5.74) is 3.99. The van der Waals surface area contributed by atoms with E-state index in [-0.39, 0.29) is 21.5 Å². The summed E-state index contributed by atoms with van der Waals surface area (Å²) in [5, 5.41) is 4.23. The molecule has 3 aromatic rings. The van der Waals surface area contributed by atoms with Crippen molar-refractivity contribution in [2.75, 3.05) is 26.3 Å². The molecule has 39 heavy (non-hydrogen) atoms. The first kappa shape index (κ1) is 30.4. The van der Waals surface area contributed by atoms with Gasteiger partial charge in [-0.15, -0.1) is 0 Å². The molecule has 0 spiro atoms. The second kappa shape index (κ2) is 14.9. The van der Waals surface area contributed by atoms with Crippen molar-refractivity contribution in [1.29, 1.82) is 0 Å². The molecule has 0 unspecified atom stereocenters. The zero-order valence-corrected chi connectivity index (χ0v) is 24.1. The van der Waals surface area contributed by atoms with Gasteiger partial charge in [-0.3, -0.25) is 4.79 Å². The molecule has 0 atom stereocenters. The molecule has 0 saturated heterocycles. The highest BCUT2D eigenvalue weighted by Crippen LogP contribution is 2.29. The minimum Gasteiger partial charge on any atom is -0.490 e. The van der Waals surface area contributed by atoms with Gasteiger partial charge in [-0.25, -0.2) is 13.8 Å². The molecule has 1 N–H and O–H groups in total. The van der Waals surface area contributed by atoms with Crippen molar-refractivity contribution in [3.63, 3.8) is 0 Å². The van der Waals surface area contributed by atoms with E-state index in [1.165, 1.54) is 24.4 Å². The number of sulfonamides is 1. The van der Waals surface area contributed by atoms with E-state index in [0.29, 0.717) is 36.7 Å². The van der Waals surface area contributed by atoms with Crippen LogP contribution in [0.3, 0.4) is 0 Å². The summed E-state index contributed by atoms with van der Waals surface area (Å²) in [6, 6.07) is 18.9. The topological polar surface area (TPSA) is 97.3 Å². The number of nitrogens with one attached hydrogen (secondary N) is 1. The van der Waals surface area contributed by atoms with Crippen LogP contribution in [0, 0.1) is 0 Å². The number of halogens is 2. The number of benzene rings is 3. The van der Waals surface area contributed by atoms with E-state index in [1.54, 1.807) is 18.2 Å². The highest BCUT2D eigenvalue weighted by Gasteiger charge is 2.29. The van der Waals surface area contributed by atoms with E-state index >= 15 is 0 Å². The normalized spacial score (nSPS) is 11.6. The van der Waals surface area contributed by atoms with Crippen molar-refractivity contribution in [2.45, 2.75) is 31.6 Å². The van der Waals surface area contributed by atoms with Crippen LogP contribution < -0.4 is 14.9 Å². The third kappa shape index (κ3) is 8.96. The summed E-state index contributed by atoms with van der Waals surface area (Å²) in [4.78, 5) is 12.6. The second-order valence-electron chi connectivity index (χ2n) is 8.43. The molecule has 0 heterocycles. The number of nitrogens with zero attached hydrogens (tertiary/aromatic N) is 2. The third-order valence-corrected chi connectivity index (χ3v) is 8.02. The maximum atomic E-state index is 13.5. The van der Waals surface area contributed by atoms with Gasteiger partial charge in [-0.05, 0) is 67.3 Å². The summed E-state index contributed by atoms with van der Waals surface area (Å²) in [6.45, 7) is 4.49. The lowest BCUT2D eigenvalue weighted by Crippen LogP contribution is -2.40. The molecule has 0 fully saturated rings. The number of carbonyl (C=O) groups excluding carboxylic acids is 1. The number of hydrogen-bond donors (Lipinski definition) is 1. The largest absolute Gasteiger partial charge is 0.490 e. The molecule has 0 aromatic heterocycles. The van der Waals surface area contributed by atoms with E-state index in [0.717, 1.165) is 16.3 Å². The molecule has 8 nitrogen and oxygen atoms in total. The van der Waals surface area contributed by atoms with Gasteiger partial charge in [0, 0.05) is 11.6 Å². The minimum absolute atomic E-state index is 0.0130. The maximum Gasteiger partial charge on any atom is 0.255 e. The van der Waals surface area contributed by atoms with E-state index < -0.39 is 22.5 Å². The summed E-state index contributed by atoms with van der Waals surface area (Å²) in [5.74, 6) is 0.575. The van der Waals surface area contributed by atoms with Crippen LogP contribution in [0.25, 0.3) is 0 Å². The Bertz CT molecular complexity index is 1390. The lowest BCUT2D eigenvalue weighted by molar-refractivity contribution is -0.121. The molecular weight excluding hydrogens is 561 g/mol. The molecule has 0 aliphatic carbocycles. The standard InChI is InChI=1S/C28H31Cl2N3O5S/c1-3-16-38-25-13-10-22(17-26(25)37-4-2)19-31-32-28(34)20-33(15-14-21-8-6-5-7-9-21)39(35,36)27-18-23(29)11-12-24(27)30/h5-13,17-19H,3-4,14-16,20H2,1-2H3,(H,32,34)/b31-19-. The number of ether oxygens (including phenoxy) is 2. The van der Waals surface area contributed by atoms with Gasteiger partial charge in [-0.2, -0.15) is 9.41 Å². The molecule has 3 aromatic carbocycles. The van der Waals surface area contributed by atoms with Gasteiger partial charge in [0.25, 0.3) is 5.91 Å². The monoisotopic (exact) mass is 591 g/mol. The molecule has 0 bridgehead atoms. The predicted octanol–water partition coefficient (Wildman–Crippen LogP) is 5.56. The minimum atomic E-state index is -4.15. The fourth-order valence-electron chi connectivity index (χ4n) is 3.58. The lowest BCUT2D eigenvalue weighted by Gasteiger charge is -2.22. The first-order valence-corrected chi connectivity index (χ1v) is 14.6. The molecule has 208 valence electrons. The van der Waals surface area contributed by atoms with Gasteiger partial charge in [0.05, 0.1) is 31.0 Å². The summed E-state index contributed by atoms with van der Waals surface area (Å²) in [7, 11) is -4.15. The second-order valence-corrected chi connectivity index (χ2v) is 11.2. The Balaban J connectivity index is 1.75. The Hall–Kier alpha value is -3.11. The van der Waals surface area contributed by atoms with Crippen molar-refractivity contribution >= 4 is 45.3 Å². The third-order valence-electron chi connectivity index (χ3n) is 5.46. The van der Waals surface area contributed by atoms with Crippen LogP contribution in [0.2, 0.25) is 10.0 Å². The van der Waals surface area contributed by atoms with E-state index in [4.69, 9.17) is 32.7 Å². The molecule has 0 saturated carbocycles. The number of rotatable bonds is 14. The first-order valence-electron chi connectivity index (χ1n) is 12.4. The van der Waals surface area contributed by atoms with Crippen molar-refractivity contribution in [3.8, 4) is 11.5 Å². The van der Waals surface area contributed by atoms with Gasteiger partial charge in [0.1, 0.15) is 4.90 Å². The van der Waals surface area contributed by atoms with Gasteiger partial charge in [0.2, 0.25) is 10.0 Å². The van der Waals surface area contributed by atoms with Gasteiger partial charge < -0.3 is 9.47 Å². The van der Waals surface area contributed by atoms with Crippen LogP contribution in [0.15, 0.2) is 76.7 Å². The van der Waals surface area contributed by atoms with Crippen molar-refractivity contribution in [3.05, 3.63) is 87.9 Å². The van der Waals surface area contributed by atoms with E-state index in [2.05, 4.69) is 10.5 Å². The summed E-state index contributed by atoms with van der Waals surface area (Å²) in [6.07, 6.45) is 2.70. The first-order chi connectivity index (χ1) is 18.7. The molecular formula is C28H31Cl2N3O5S. The summed E-state index contributed by atoms with van der Waals surface area (Å²) >= 11 is 12.2. The van der Waals surface area contributed by atoms with Crippen LogP contribution in [0.4, 0.5) is 0 Å². The Labute approximate surface area is 239 Å². The average Bonchev–Trinajstić information content (AvgIpc) is 2.92. The maximum absolute atomic E-state index is 13.5. The smallest absolute Gasteiger partial charge is 0.255 e. The zero-order chi connectivity index (χ0) is 28.3. The van der Waals surface area contributed by atoms with E-state index in [9.17, 15) is 13.2 Å². The summed E-state index contributed by atoms with van der Waals surface area (Å²) < 4.78 is 39.4. The van der Waals surface area contributed by atoms with Gasteiger partial charge >= 0.3 is 0 Å². The molecule has 0 radical (unpaired) electrons. The Morgan fingerprint density at radius 1 is 1.00 bits per heavy atom. The molecule has 3 rings (SSSR count). The highest BCUT2D eigenvalue weighted by molar-refractivity contribution is 7.89. The number of hydrogen-bond acceptors (Lipinski definition) is 6. The van der Waals surface area contributed by atoms with Crippen molar-refractivity contribution in [1.82, 2.24) is 9.73 Å². The average molecular weight is 593 g/mol. The van der Waals surface area contributed by atoms with Crippen LogP contribution in [0.5, 0.6) is 11.5 Å². The van der Waals surface area contributed by atoms with E-state index in [1.807, 2.05) is 44.2 Å². The SMILES string of the molecule is CCCOc1ccc(/C=N\NC(=O)CN(CCc2ccccc2)S(=O)(=O)c2cc(Cl)ccc2Cl)cc1OCC. The zero-order valence-electron chi connectivity index (χ0n) is 21.8. The number of hydrazone groups is 1. The van der Waals surface area contributed by atoms with Gasteiger partial charge in [-0.1, -0.05) is 60.5 Å². The number of amides is 1. The Morgan fingerprint density at radius 2 is 1.77 bits per heavy atom. The Morgan fingerprint density at radius 3 is 2.49 bits per heavy atom. The molecule has 1 amide bonds. The quantitative estimate of drug-likeness (QED) is 0.195. The van der Waals surface area contributed by atoms with Crippen LogP contribution >= 0.6 is 23.2 Å². The predicted molar refractivity (Wildman–Crippen MR) is 155 cm³/mol. The fraction of sp³-hybridized carbons (Fsp3) is 0.286. The molecule has 0 aliphatic rings. The van der Waals surface area contributed by atoms with Gasteiger partial charge in [0.15, 0.2) is 11.5 Å². The Kier molecular flexibility index (Phi) is 11.6. The number of carbonyl (C=O) groups is 1. The molecule has 0 aliphatic heterocycles. The van der Waals surface area contributed by atoms with Crippen LogP contribution in [0.1, 0.15) is 31.4 Å². The lowest BCUT2D eigenvalue weighted by atomic mass is 10.1. The van der Waals surface area contributed by atoms with Crippen molar-refractivity contribution in [2.24, 2.45) is 5.10 Å². The fourth-order valence-corrected chi connectivity index (χ4v) is 5.71. The van der Waals surface area contributed by atoms with Crippen molar-refractivity contribution < 1.29 is 22.7 Å². The highest BCUT2D eigenvalue weighted by atomic mass is 35.5.